The molecule has 1 unspecified atom stereocenters. The fraction of sp³-hybridized carbons (Fsp3) is 0.211. The van der Waals surface area contributed by atoms with Crippen molar-refractivity contribution < 1.29 is 4.74 Å². The van der Waals surface area contributed by atoms with Crippen LogP contribution in [-0.2, 0) is 6.42 Å². The van der Waals surface area contributed by atoms with Gasteiger partial charge in [0.15, 0.2) is 0 Å². The van der Waals surface area contributed by atoms with E-state index in [1.54, 1.807) is 12.5 Å². The van der Waals surface area contributed by atoms with Crippen LogP contribution < -0.4 is 10.5 Å². The molecule has 7 nitrogen and oxygen atoms in total. The predicted octanol–water partition coefficient (Wildman–Crippen LogP) is 2.77. The number of nitriles is 1. The molecule has 3 heterocycles. The normalized spacial score (nSPS) is 16.1. The Labute approximate surface area is 150 Å². The van der Waals surface area contributed by atoms with Crippen LogP contribution in [0.5, 0.6) is 5.88 Å². The highest BCUT2D eigenvalue weighted by Crippen LogP contribution is 2.43. The second kappa shape index (κ2) is 6.41. The molecule has 0 saturated carbocycles. The van der Waals surface area contributed by atoms with E-state index in [1.807, 2.05) is 35.0 Å². The van der Waals surface area contributed by atoms with Gasteiger partial charge in [0.2, 0.25) is 11.8 Å². The zero-order valence-electron chi connectivity index (χ0n) is 14.3. The van der Waals surface area contributed by atoms with E-state index in [0.717, 1.165) is 35.3 Å². The van der Waals surface area contributed by atoms with Crippen molar-refractivity contribution >= 4 is 0 Å². The summed E-state index contributed by atoms with van der Waals surface area (Å²) in [6.45, 7) is 2.09. The zero-order valence-corrected chi connectivity index (χ0v) is 14.3. The number of hydrogen-bond donors (Lipinski definition) is 2. The van der Waals surface area contributed by atoms with Crippen LogP contribution in [0.3, 0.4) is 0 Å². The van der Waals surface area contributed by atoms with Crippen molar-refractivity contribution in [1.82, 2.24) is 19.7 Å². The molecule has 1 aliphatic heterocycles. The van der Waals surface area contributed by atoms with Crippen LogP contribution in [0.25, 0.3) is 5.69 Å². The summed E-state index contributed by atoms with van der Waals surface area (Å²) in [5.74, 6) is 0.352. The van der Waals surface area contributed by atoms with Crippen molar-refractivity contribution in [1.29, 1.82) is 5.26 Å². The number of nitrogens with two attached hydrogens (primary N) is 1. The van der Waals surface area contributed by atoms with Crippen molar-refractivity contribution in [3.8, 4) is 17.6 Å². The Balaban J connectivity index is 1.81. The Morgan fingerprint density at radius 3 is 2.81 bits per heavy atom. The number of H-pyrrole nitrogens is 1. The second-order valence-electron chi connectivity index (χ2n) is 6.15. The predicted molar refractivity (Wildman–Crippen MR) is 95.4 cm³/mol. The first-order valence-electron chi connectivity index (χ1n) is 8.46. The summed E-state index contributed by atoms with van der Waals surface area (Å²) in [6, 6.07) is 10.2. The Hall–Kier alpha value is -3.53. The lowest BCUT2D eigenvalue weighted by Crippen LogP contribution is -2.21. The third-order valence-electron chi connectivity index (χ3n) is 4.54. The summed E-state index contributed by atoms with van der Waals surface area (Å²) >= 11 is 0. The number of hydrogen-bond acceptors (Lipinski definition) is 5. The quantitative estimate of drug-likeness (QED) is 0.755. The highest BCUT2D eigenvalue weighted by Gasteiger charge is 2.34. The van der Waals surface area contributed by atoms with E-state index < -0.39 is 0 Å². The topological polar surface area (TPSA) is 106 Å². The van der Waals surface area contributed by atoms with E-state index in [2.05, 4.69) is 28.2 Å². The van der Waals surface area contributed by atoms with Gasteiger partial charge in [-0.3, -0.25) is 0 Å². The number of fused-ring (bicyclic) bond motifs is 1. The molecule has 4 rings (SSSR count). The van der Waals surface area contributed by atoms with Crippen LogP contribution >= 0.6 is 0 Å². The smallest absolute Gasteiger partial charge is 0.221 e. The summed E-state index contributed by atoms with van der Waals surface area (Å²) in [7, 11) is 0. The molecule has 0 aliphatic carbocycles. The fourth-order valence-electron chi connectivity index (χ4n) is 3.33. The Bertz CT molecular complexity index is 992. The van der Waals surface area contributed by atoms with Crippen LogP contribution in [0.2, 0.25) is 0 Å². The molecule has 0 saturated heterocycles. The van der Waals surface area contributed by atoms with Crippen LogP contribution in [-0.4, -0.2) is 19.7 Å². The molecule has 0 amide bonds. The SMILES string of the molecule is CCCc1n[nH]c2c1C(c1ccc(-n3ccnc3)cc1)C(C#N)=C(N)O2. The molecule has 1 atom stereocenters. The van der Waals surface area contributed by atoms with Crippen LogP contribution in [0, 0.1) is 11.3 Å². The third-order valence-corrected chi connectivity index (χ3v) is 4.54. The molecule has 0 fully saturated rings. The van der Waals surface area contributed by atoms with E-state index >= 15 is 0 Å². The molecule has 0 spiro atoms. The lowest BCUT2D eigenvalue weighted by molar-refractivity contribution is 0.378. The van der Waals surface area contributed by atoms with Crippen LogP contribution in [0.15, 0.2) is 54.4 Å². The van der Waals surface area contributed by atoms with E-state index in [4.69, 9.17) is 10.5 Å². The van der Waals surface area contributed by atoms with E-state index in [-0.39, 0.29) is 11.8 Å². The highest BCUT2D eigenvalue weighted by molar-refractivity contribution is 5.56. The van der Waals surface area contributed by atoms with Crippen molar-refractivity contribution in [3.05, 3.63) is 71.3 Å². The van der Waals surface area contributed by atoms with Crippen LogP contribution in [0.4, 0.5) is 0 Å². The molecule has 130 valence electrons. The van der Waals surface area contributed by atoms with Crippen molar-refractivity contribution in [2.75, 3.05) is 0 Å². The first-order chi connectivity index (χ1) is 12.7. The standard InChI is InChI=1S/C19H18N6O/c1-2-3-15-17-16(14(10-20)18(21)26-19(17)24-23-15)12-4-6-13(7-5-12)25-9-8-22-11-25/h4-9,11,16H,2-3,21H2,1H3,(H,23,24). The van der Waals surface area contributed by atoms with Gasteiger partial charge in [-0.2, -0.15) is 10.4 Å². The minimum atomic E-state index is -0.291. The molecule has 7 heteroatoms. The number of aryl methyl sites for hydroxylation is 1. The van der Waals surface area contributed by atoms with Gasteiger partial charge in [0.1, 0.15) is 11.6 Å². The van der Waals surface area contributed by atoms with Gasteiger partial charge >= 0.3 is 0 Å². The monoisotopic (exact) mass is 346 g/mol. The number of rotatable bonds is 4. The number of aromatic nitrogens is 4. The Morgan fingerprint density at radius 1 is 1.35 bits per heavy atom. The average Bonchev–Trinajstić information content (AvgIpc) is 3.32. The van der Waals surface area contributed by atoms with Crippen molar-refractivity contribution in [3.63, 3.8) is 0 Å². The summed E-state index contributed by atoms with van der Waals surface area (Å²) in [4.78, 5) is 4.07. The maximum atomic E-state index is 9.67. The largest absolute Gasteiger partial charge is 0.422 e. The average molecular weight is 346 g/mol. The van der Waals surface area contributed by atoms with Gasteiger partial charge in [0, 0.05) is 18.1 Å². The van der Waals surface area contributed by atoms with Gasteiger partial charge in [-0.1, -0.05) is 25.5 Å². The lowest BCUT2D eigenvalue weighted by Gasteiger charge is -2.24. The molecule has 1 aliphatic rings. The fourth-order valence-corrected chi connectivity index (χ4v) is 3.33. The van der Waals surface area contributed by atoms with Gasteiger partial charge in [-0.05, 0) is 24.1 Å². The summed E-state index contributed by atoms with van der Waals surface area (Å²) in [5.41, 5.74) is 10.2. The molecule has 0 bridgehead atoms. The second-order valence-corrected chi connectivity index (χ2v) is 6.15. The molecule has 26 heavy (non-hydrogen) atoms. The van der Waals surface area contributed by atoms with Gasteiger partial charge < -0.3 is 15.0 Å². The number of allylic oxidation sites excluding steroid dienone is 1. The number of benzene rings is 1. The number of nitrogens with zero attached hydrogens (tertiary/aromatic N) is 4. The molecule has 3 N–H and O–H groups in total. The zero-order chi connectivity index (χ0) is 18.1. The molecule has 0 radical (unpaired) electrons. The molecule has 1 aromatic carbocycles. The third kappa shape index (κ3) is 2.52. The van der Waals surface area contributed by atoms with Gasteiger partial charge in [-0.15, -0.1) is 0 Å². The number of nitrogens with one attached hydrogen (secondary N) is 1. The highest BCUT2D eigenvalue weighted by atomic mass is 16.5. The van der Waals surface area contributed by atoms with Gasteiger partial charge in [-0.25, -0.2) is 10.1 Å². The van der Waals surface area contributed by atoms with Crippen molar-refractivity contribution in [2.24, 2.45) is 5.73 Å². The number of ether oxygens (including phenoxy) is 1. The van der Waals surface area contributed by atoms with Gasteiger partial charge in [0.05, 0.1) is 23.5 Å². The number of aromatic amines is 1. The summed E-state index contributed by atoms with van der Waals surface area (Å²) in [6.07, 6.45) is 7.12. The maximum absolute atomic E-state index is 9.67. The molecule has 3 aromatic rings. The Morgan fingerprint density at radius 2 is 2.15 bits per heavy atom. The van der Waals surface area contributed by atoms with Gasteiger partial charge in [0.25, 0.3) is 0 Å². The molecular formula is C19H18N6O. The summed E-state index contributed by atoms with van der Waals surface area (Å²) in [5, 5.41) is 17.0. The van der Waals surface area contributed by atoms with E-state index in [0.29, 0.717) is 11.5 Å². The lowest BCUT2D eigenvalue weighted by atomic mass is 9.83. The first-order valence-corrected chi connectivity index (χ1v) is 8.46. The minimum Gasteiger partial charge on any atom is -0.422 e. The minimum absolute atomic E-state index is 0.121. The van der Waals surface area contributed by atoms with E-state index in [9.17, 15) is 5.26 Å². The number of imidazole rings is 1. The maximum Gasteiger partial charge on any atom is 0.221 e. The summed E-state index contributed by atoms with van der Waals surface area (Å²) < 4.78 is 7.53. The molecular weight excluding hydrogens is 328 g/mol. The Kier molecular flexibility index (Phi) is 3.93. The van der Waals surface area contributed by atoms with Crippen LogP contribution in [0.1, 0.15) is 36.1 Å². The van der Waals surface area contributed by atoms with Crippen molar-refractivity contribution in [2.45, 2.75) is 25.7 Å². The van der Waals surface area contributed by atoms with E-state index in [1.165, 1.54) is 0 Å². The first kappa shape index (κ1) is 16.0. The molecule has 2 aromatic heterocycles.